The largest absolute Gasteiger partial charge is 0.198 e. The molecule has 0 radical (unpaired) electrons. The van der Waals surface area contributed by atoms with Gasteiger partial charge in [0.05, 0.1) is 11.5 Å². The Morgan fingerprint density at radius 1 is 1.19 bits per heavy atom. The first-order valence-electron chi connectivity index (χ1n) is 6.04. The summed E-state index contributed by atoms with van der Waals surface area (Å²) in [6.07, 6.45) is 4.32. The summed E-state index contributed by atoms with van der Waals surface area (Å²) < 4.78 is 0. The van der Waals surface area contributed by atoms with Gasteiger partial charge in [-0.25, -0.2) is 0 Å². The molecule has 84 valence electrons. The van der Waals surface area contributed by atoms with Gasteiger partial charge in [-0.3, -0.25) is 0 Å². The van der Waals surface area contributed by atoms with Crippen LogP contribution in [0.2, 0.25) is 0 Å². The lowest BCUT2D eigenvalue weighted by molar-refractivity contribution is 0.213. The first-order chi connectivity index (χ1) is 7.56. The summed E-state index contributed by atoms with van der Waals surface area (Å²) in [5, 5.41) is 9.28. The van der Waals surface area contributed by atoms with Crippen molar-refractivity contribution in [2.75, 3.05) is 0 Å². The molecule has 16 heavy (non-hydrogen) atoms. The molecule has 0 N–H and O–H groups in total. The second-order valence-corrected chi connectivity index (χ2v) is 5.30. The van der Waals surface area contributed by atoms with Gasteiger partial charge in [-0.05, 0) is 56.7 Å². The normalized spacial score (nSPS) is 17.6. The lowest BCUT2D eigenvalue weighted by atomic mass is 9.66. The highest BCUT2D eigenvalue weighted by Crippen LogP contribution is 2.44. The first kappa shape index (κ1) is 11.2. The van der Waals surface area contributed by atoms with E-state index in [2.05, 4.69) is 39.0 Å². The second-order valence-electron chi connectivity index (χ2n) is 5.30. The minimum Gasteiger partial charge on any atom is -0.198 e. The van der Waals surface area contributed by atoms with Crippen LogP contribution in [0.1, 0.15) is 41.5 Å². The van der Waals surface area contributed by atoms with Crippen molar-refractivity contribution >= 4 is 0 Å². The van der Waals surface area contributed by atoms with Crippen LogP contribution in [0.25, 0.3) is 0 Å². The summed E-state index contributed by atoms with van der Waals surface area (Å²) in [7, 11) is 0. The van der Waals surface area contributed by atoms with Gasteiger partial charge in [-0.15, -0.1) is 0 Å². The maximum absolute atomic E-state index is 9.28. The van der Waals surface area contributed by atoms with Gasteiger partial charge in [0.15, 0.2) is 0 Å². The van der Waals surface area contributed by atoms with E-state index in [9.17, 15) is 5.26 Å². The lowest BCUT2D eigenvalue weighted by Crippen LogP contribution is -2.30. The fourth-order valence-electron chi connectivity index (χ4n) is 2.76. The van der Waals surface area contributed by atoms with E-state index >= 15 is 0 Å². The Morgan fingerprint density at radius 2 is 1.75 bits per heavy atom. The van der Waals surface area contributed by atoms with Crippen molar-refractivity contribution in [2.45, 2.75) is 46.5 Å². The molecule has 1 saturated carbocycles. The summed E-state index contributed by atoms with van der Waals surface area (Å²) in [5.74, 6) is 0. The first-order valence-corrected chi connectivity index (χ1v) is 6.04. The van der Waals surface area contributed by atoms with Crippen LogP contribution in [0, 0.1) is 37.5 Å². The van der Waals surface area contributed by atoms with Crippen molar-refractivity contribution in [3.05, 3.63) is 34.4 Å². The van der Waals surface area contributed by atoms with Crippen LogP contribution in [-0.4, -0.2) is 0 Å². The van der Waals surface area contributed by atoms with Gasteiger partial charge < -0.3 is 0 Å². The Bertz CT molecular complexity index is 424. The van der Waals surface area contributed by atoms with E-state index in [0.29, 0.717) is 0 Å². The van der Waals surface area contributed by atoms with Gasteiger partial charge in [0, 0.05) is 0 Å². The van der Waals surface area contributed by atoms with Crippen LogP contribution in [-0.2, 0) is 6.42 Å². The summed E-state index contributed by atoms with van der Waals surface area (Å²) in [6, 6.07) is 6.99. The van der Waals surface area contributed by atoms with E-state index in [0.717, 1.165) is 19.3 Å². The van der Waals surface area contributed by atoms with Gasteiger partial charge in [-0.2, -0.15) is 5.26 Å². The molecule has 0 heterocycles. The number of aryl methyl sites for hydroxylation is 3. The minimum atomic E-state index is -0.0508. The summed E-state index contributed by atoms with van der Waals surface area (Å²) in [5.41, 5.74) is 5.35. The fraction of sp³-hybridized carbons (Fsp3) is 0.533. The smallest absolute Gasteiger partial charge is 0.0693 e. The topological polar surface area (TPSA) is 23.8 Å². The third-order valence-corrected chi connectivity index (χ3v) is 3.90. The molecule has 1 aromatic rings. The molecule has 0 spiro atoms. The van der Waals surface area contributed by atoms with E-state index in [-0.39, 0.29) is 5.41 Å². The van der Waals surface area contributed by atoms with Crippen molar-refractivity contribution in [3.63, 3.8) is 0 Å². The molecule has 1 aromatic carbocycles. The molecule has 1 heteroatoms. The Hall–Kier alpha value is -1.29. The Morgan fingerprint density at radius 3 is 2.12 bits per heavy atom. The number of nitrogens with zero attached hydrogens (tertiary/aromatic N) is 1. The third-order valence-electron chi connectivity index (χ3n) is 3.90. The van der Waals surface area contributed by atoms with Crippen molar-refractivity contribution in [1.82, 2.24) is 0 Å². The predicted molar refractivity (Wildman–Crippen MR) is 66.3 cm³/mol. The van der Waals surface area contributed by atoms with Crippen LogP contribution in [0.5, 0.6) is 0 Å². The van der Waals surface area contributed by atoms with E-state index in [1.54, 1.807) is 0 Å². The molecule has 0 aromatic heterocycles. The standard InChI is InChI=1S/C15H19N/c1-11-7-12(2)14(13(3)8-11)9-15(10-16)5-4-6-15/h7-8H,4-6,9H2,1-3H3. The Balaban J connectivity index is 2.32. The molecule has 1 fully saturated rings. The minimum absolute atomic E-state index is 0.0508. The van der Waals surface area contributed by atoms with Gasteiger partial charge in [-0.1, -0.05) is 24.1 Å². The van der Waals surface area contributed by atoms with Crippen LogP contribution in [0.4, 0.5) is 0 Å². The highest BCUT2D eigenvalue weighted by Gasteiger charge is 2.37. The van der Waals surface area contributed by atoms with Crippen LogP contribution in [0.15, 0.2) is 12.1 Å². The number of hydrogen-bond acceptors (Lipinski definition) is 1. The molecule has 0 bridgehead atoms. The second kappa shape index (κ2) is 3.94. The highest BCUT2D eigenvalue weighted by molar-refractivity contribution is 5.39. The average molecular weight is 213 g/mol. The molecular weight excluding hydrogens is 194 g/mol. The molecule has 0 unspecified atom stereocenters. The number of nitriles is 1. The zero-order chi connectivity index (χ0) is 11.8. The Labute approximate surface area is 98.1 Å². The number of benzene rings is 1. The van der Waals surface area contributed by atoms with E-state index < -0.39 is 0 Å². The van der Waals surface area contributed by atoms with Gasteiger partial charge in [0.25, 0.3) is 0 Å². The molecule has 2 rings (SSSR count). The molecular formula is C15H19N. The summed E-state index contributed by atoms with van der Waals surface area (Å²) in [6.45, 7) is 6.46. The third kappa shape index (κ3) is 1.85. The molecule has 1 aliphatic rings. The zero-order valence-corrected chi connectivity index (χ0v) is 10.4. The molecule has 0 amide bonds. The molecule has 1 nitrogen and oxygen atoms in total. The van der Waals surface area contributed by atoms with Crippen molar-refractivity contribution < 1.29 is 0 Å². The fourth-order valence-corrected chi connectivity index (χ4v) is 2.76. The maximum Gasteiger partial charge on any atom is 0.0693 e. The van der Waals surface area contributed by atoms with Crippen molar-refractivity contribution in [2.24, 2.45) is 5.41 Å². The van der Waals surface area contributed by atoms with Crippen molar-refractivity contribution in [1.29, 1.82) is 5.26 Å². The maximum atomic E-state index is 9.28. The molecule has 1 aliphatic carbocycles. The Kier molecular flexibility index (Phi) is 2.76. The van der Waals surface area contributed by atoms with Crippen LogP contribution >= 0.6 is 0 Å². The van der Waals surface area contributed by atoms with Gasteiger partial charge in [0.1, 0.15) is 0 Å². The molecule has 0 atom stereocenters. The average Bonchev–Trinajstić information content (AvgIpc) is 2.14. The highest BCUT2D eigenvalue weighted by atomic mass is 14.4. The summed E-state index contributed by atoms with van der Waals surface area (Å²) >= 11 is 0. The lowest BCUT2D eigenvalue weighted by Gasteiger charge is -2.36. The van der Waals surface area contributed by atoms with Gasteiger partial charge in [0.2, 0.25) is 0 Å². The molecule has 0 saturated heterocycles. The number of hydrogen-bond donors (Lipinski definition) is 0. The van der Waals surface area contributed by atoms with Gasteiger partial charge >= 0.3 is 0 Å². The predicted octanol–water partition coefficient (Wildman–Crippen LogP) is 3.85. The molecule has 0 aliphatic heterocycles. The van der Waals surface area contributed by atoms with Crippen LogP contribution < -0.4 is 0 Å². The van der Waals surface area contributed by atoms with Crippen LogP contribution in [0.3, 0.4) is 0 Å². The quantitative estimate of drug-likeness (QED) is 0.732. The van der Waals surface area contributed by atoms with Crippen molar-refractivity contribution in [3.8, 4) is 6.07 Å². The summed E-state index contributed by atoms with van der Waals surface area (Å²) in [4.78, 5) is 0. The zero-order valence-electron chi connectivity index (χ0n) is 10.4. The van der Waals surface area contributed by atoms with E-state index in [4.69, 9.17) is 0 Å². The van der Waals surface area contributed by atoms with E-state index in [1.165, 1.54) is 28.7 Å². The van der Waals surface area contributed by atoms with E-state index in [1.807, 2.05) is 0 Å². The SMILES string of the molecule is Cc1cc(C)c(CC2(C#N)CCC2)c(C)c1. The monoisotopic (exact) mass is 213 g/mol. The number of rotatable bonds is 2.